The molecule has 3 rings (SSSR count). The normalized spacial score (nSPS) is 12.2. The number of halogens is 3. The molecule has 34 heavy (non-hydrogen) atoms. The van der Waals surface area contributed by atoms with Crippen molar-refractivity contribution in [1.29, 1.82) is 0 Å². The molecule has 0 atom stereocenters. The summed E-state index contributed by atoms with van der Waals surface area (Å²) in [6.07, 6.45) is -3.00. The first kappa shape index (κ1) is 25.6. The van der Waals surface area contributed by atoms with Crippen molar-refractivity contribution in [3.63, 3.8) is 0 Å². The maximum Gasteiger partial charge on any atom is 0.406 e. The minimum absolute atomic E-state index is 0.0386. The topological polar surface area (TPSA) is 66.3 Å². The number of likely N-dealkylation sites (N-methyl/N-ethyl adjacent to an activating group) is 2. The molecule has 0 unspecified atom stereocenters. The number of nitrogens with zero attached hydrogens (tertiary/aromatic N) is 5. The molecule has 0 aliphatic rings. The van der Waals surface area contributed by atoms with Crippen molar-refractivity contribution in [3.05, 3.63) is 47.7 Å². The number of hydrogen-bond donors (Lipinski definition) is 1. The number of aromatic nitrogens is 3. The van der Waals surface area contributed by atoms with Gasteiger partial charge < -0.3 is 15.1 Å². The third-order valence-corrected chi connectivity index (χ3v) is 5.47. The summed E-state index contributed by atoms with van der Waals surface area (Å²) < 4.78 is 40.5. The Kier molecular flexibility index (Phi) is 7.93. The molecule has 0 spiro atoms. The third kappa shape index (κ3) is 6.12. The second-order valence-corrected chi connectivity index (χ2v) is 8.79. The molecular weight excluding hydrogens is 445 g/mol. The molecule has 10 heteroatoms. The molecule has 0 aliphatic heterocycles. The Morgan fingerprint density at radius 1 is 1.21 bits per heavy atom. The quantitative estimate of drug-likeness (QED) is 0.506. The maximum atomic E-state index is 13.1. The Morgan fingerprint density at radius 3 is 2.59 bits per heavy atom. The van der Waals surface area contributed by atoms with Crippen molar-refractivity contribution < 1.29 is 18.0 Å². The van der Waals surface area contributed by atoms with Gasteiger partial charge in [-0.15, -0.1) is 0 Å². The number of benzene rings is 1. The summed E-state index contributed by atoms with van der Waals surface area (Å²) in [5.74, 6) is -0.725. The largest absolute Gasteiger partial charge is 0.406 e. The van der Waals surface area contributed by atoms with Crippen molar-refractivity contribution in [2.24, 2.45) is 0 Å². The van der Waals surface area contributed by atoms with Crippen molar-refractivity contribution in [1.82, 2.24) is 29.9 Å². The Balaban J connectivity index is 2.06. The maximum absolute atomic E-state index is 13.1. The van der Waals surface area contributed by atoms with E-state index in [4.69, 9.17) is 4.98 Å². The summed E-state index contributed by atoms with van der Waals surface area (Å²) in [5.41, 5.74) is 2.98. The van der Waals surface area contributed by atoms with Crippen molar-refractivity contribution in [2.45, 2.75) is 32.6 Å². The minimum atomic E-state index is -4.49. The molecule has 1 aromatic carbocycles. The fraction of sp³-hybridized carbons (Fsp3) is 0.458. The van der Waals surface area contributed by atoms with E-state index in [-0.39, 0.29) is 11.6 Å². The van der Waals surface area contributed by atoms with E-state index in [1.807, 2.05) is 52.2 Å². The lowest BCUT2D eigenvalue weighted by molar-refractivity contribution is -0.138. The molecule has 3 aromatic rings. The van der Waals surface area contributed by atoms with Crippen LogP contribution in [-0.4, -0.2) is 77.4 Å². The van der Waals surface area contributed by atoms with Gasteiger partial charge in [-0.05, 0) is 45.6 Å². The molecule has 0 aliphatic carbocycles. The summed E-state index contributed by atoms with van der Waals surface area (Å²) in [4.78, 5) is 20.7. The van der Waals surface area contributed by atoms with Gasteiger partial charge in [0.05, 0.1) is 22.8 Å². The zero-order valence-corrected chi connectivity index (χ0v) is 20.1. The zero-order chi connectivity index (χ0) is 25.0. The first-order valence-electron chi connectivity index (χ1n) is 11.1. The van der Waals surface area contributed by atoms with E-state index in [0.29, 0.717) is 21.6 Å². The van der Waals surface area contributed by atoms with E-state index >= 15 is 0 Å². The predicted molar refractivity (Wildman–Crippen MR) is 127 cm³/mol. The van der Waals surface area contributed by atoms with Crippen LogP contribution >= 0.6 is 0 Å². The Labute approximate surface area is 197 Å². The summed E-state index contributed by atoms with van der Waals surface area (Å²) in [5, 5.41) is 7.89. The van der Waals surface area contributed by atoms with Gasteiger partial charge in [0.15, 0.2) is 5.65 Å². The number of carbonyl (C=O) groups is 1. The fourth-order valence-electron chi connectivity index (χ4n) is 3.79. The number of nitrogens with one attached hydrogen (secondary N) is 1. The Bertz CT molecular complexity index is 1140. The standard InChI is InChI=1S/C24H31F3N6O/c1-16(2)33-22-20(13-29-33)19(23(34)32(5)15-24(25,26)27)12-21(30-22)18-8-6-7-17(11-18)14-31(4)10-9-28-3/h6-8,11-13,16,28H,9-10,14-15H2,1-5H3. The van der Waals surface area contributed by atoms with Gasteiger partial charge in [-0.1, -0.05) is 18.2 Å². The number of pyridine rings is 1. The molecule has 0 saturated heterocycles. The third-order valence-electron chi connectivity index (χ3n) is 5.47. The molecule has 0 bridgehead atoms. The van der Waals surface area contributed by atoms with Crippen molar-refractivity contribution >= 4 is 16.9 Å². The van der Waals surface area contributed by atoms with Crippen LogP contribution in [0.3, 0.4) is 0 Å². The van der Waals surface area contributed by atoms with E-state index in [1.54, 1.807) is 10.7 Å². The SMILES string of the molecule is CNCCN(C)Cc1cccc(-c2cc(C(=O)N(C)CC(F)(F)F)c3cnn(C(C)C)c3n2)c1. The van der Waals surface area contributed by atoms with Crippen LogP contribution in [-0.2, 0) is 6.54 Å². The van der Waals surface area contributed by atoms with E-state index in [9.17, 15) is 18.0 Å². The summed E-state index contributed by atoms with van der Waals surface area (Å²) in [6, 6.07) is 9.33. The zero-order valence-electron chi connectivity index (χ0n) is 20.1. The molecule has 0 saturated carbocycles. The lowest BCUT2D eigenvalue weighted by atomic mass is 10.0. The van der Waals surface area contributed by atoms with Gasteiger partial charge >= 0.3 is 6.18 Å². The summed E-state index contributed by atoms with van der Waals surface area (Å²) in [6.45, 7) is 4.99. The van der Waals surface area contributed by atoms with Gasteiger partial charge in [-0.25, -0.2) is 9.67 Å². The second-order valence-electron chi connectivity index (χ2n) is 8.79. The van der Waals surface area contributed by atoms with E-state index in [1.165, 1.54) is 6.20 Å². The highest BCUT2D eigenvalue weighted by atomic mass is 19.4. The number of hydrogen-bond acceptors (Lipinski definition) is 5. The van der Waals surface area contributed by atoms with Crippen LogP contribution in [0.15, 0.2) is 36.5 Å². The van der Waals surface area contributed by atoms with Crippen molar-refractivity contribution in [2.75, 3.05) is 40.8 Å². The Hall–Kier alpha value is -2.98. The van der Waals surface area contributed by atoms with Crippen LogP contribution in [0.4, 0.5) is 13.2 Å². The first-order valence-corrected chi connectivity index (χ1v) is 11.1. The molecule has 2 aromatic heterocycles. The minimum Gasteiger partial charge on any atom is -0.333 e. The number of rotatable bonds is 9. The average Bonchev–Trinajstić information content (AvgIpc) is 3.20. The second kappa shape index (κ2) is 10.5. The molecule has 0 fully saturated rings. The highest BCUT2D eigenvalue weighted by Gasteiger charge is 2.32. The van der Waals surface area contributed by atoms with Gasteiger partial charge in [-0.3, -0.25) is 4.79 Å². The molecule has 184 valence electrons. The molecule has 2 heterocycles. The Morgan fingerprint density at radius 2 is 1.94 bits per heavy atom. The lowest BCUT2D eigenvalue weighted by Crippen LogP contribution is -2.36. The van der Waals surface area contributed by atoms with Crippen LogP contribution in [0.2, 0.25) is 0 Å². The van der Waals surface area contributed by atoms with Crippen LogP contribution in [0.25, 0.3) is 22.3 Å². The first-order chi connectivity index (χ1) is 16.0. The summed E-state index contributed by atoms with van der Waals surface area (Å²) >= 11 is 0. The molecule has 0 radical (unpaired) electrons. The van der Waals surface area contributed by atoms with Gasteiger partial charge in [-0.2, -0.15) is 18.3 Å². The smallest absolute Gasteiger partial charge is 0.333 e. The van der Waals surface area contributed by atoms with E-state index in [0.717, 1.165) is 37.8 Å². The van der Waals surface area contributed by atoms with Gasteiger partial charge in [0.1, 0.15) is 6.54 Å². The van der Waals surface area contributed by atoms with Crippen molar-refractivity contribution in [3.8, 4) is 11.3 Å². The fourth-order valence-corrected chi connectivity index (χ4v) is 3.79. The van der Waals surface area contributed by atoms with E-state index < -0.39 is 18.6 Å². The number of fused-ring (bicyclic) bond motifs is 1. The number of carbonyl (C=O) groups excluding carboxylic acids is 1. The highest BCUT2D eigenvalue weighted by Crippen LogP contribution is 2.28. The predicted octanol–water partition coefficient (Wildman–Crippen LogP) is 3.96. The van der Waals surface area contributed by atoms with E-state index in [2.05, 4.69) is 15.3 Å². The van der Waals surface area contributed by atoms with Crippen LogP contribution in [0, 0.1) is 0 Å². The van der Waals surface area contributed by atoms with Crippen LogP contribution in [0.5, 0.6) is 0 Å². The number of alkyl halides is 3. The number of amides is 1. The molecule has 1 amide bonds. The van der Waals surface area contributed by atoms with Gasteiger partial charge in [0.2, 0.25) is 0 Å². The average molecular weight is 477 g/mol. The van der Waals surface area contributed by atoms with Gasteiger partial charge in [0, 0.05) is 38.3 Å². The molecule has 1 N–H and O–H groups in total. The lowest BCUT2D eigenvalue weighted by Gasteiger charge is -2.20. The van der Waals surface area contributed by atoms with Crippen LogP contribution < -0.4 is 5.32 Å². The van der Waals surface area contributed by atoms with Crippen LogP contribution in [0.1, 0.15) is 35.8 Å². The summed E-state index contributed by atoms with van der Waals surface area (Å²) in [7, 11) is 5.09. The monoisotopic (exact) mass is 476 g/mol. The molecule has 7 nitrogen and oxygen atoms in total. The molecular formula is C24H31F3N6O. The highest BCUT2D eigenvalue weighted by molar-refractivity contribution is 6.06. The van der Waals surface area contributed by atoms with Gasteiger partial charge in [0.25, 0.3) is 5.91 Å².